The quantitative estimate of drug-likeness (QED) is 0.422. The molecule has 0 aromatic rings. The molecule has 1 heterocycles. The fourth-order valence-electron chi connectivity index (χ4n) is 9.58. The van der Waals surface area contributed by atoms with Crippen LogP contribution in [0.25, 0.3) is 0 Å². The molecule has 190 valence electrons. The van der Waals surface area contributed by atoms with Gasteiger partial charge in [0.25, 0.3) is 0 Å². The summed E-state index contributed by atoms with van der Waals surface area (Å²) in [5.74, 6) is 4.52. The molecule has 5 rings (SSSR count). The zero-order valence-electron chi connectivity index (χ0n) is 22.3. The maximum Gasteiger partial charge on any atom is 0.305 e. The van der Waals surface area contributed by atoms with Crippen LogP contribution in [0.3, 0.4) is 0 Å². The predicted octanol–water partition coefficient (Wildman–Crippen LogP) is 7.00. The number of ether oxygens (including phenoxy) is 3. The second kappa shape index (κ2) is 9.80. The van der Waals surface area contributed by atoms with Crippen molar-refractivity contribution < 1.29 is 19.0 Å². The van der Waals surface area contributed by atoms with Crippen molar-refractivity contribution in [2.75, 3.05) is 20.3 Å². The van der Waals surface area contributed by atoms with Crippen molar-refractivity contribution >= 4 is 5.97 Å². The third-order valence-electron chi connectivity index (χ3n) is 11.3. The highest BCUT2D eigenvalue weighted by molar-refractivity contribution is 5.69. The number of hydrogen-bond acceptors (Lipinski definition) is 4. The molecule has 0 radical (unpaired) electrons. The van der Waals surface area contributed by atoms with E-state index in [0.717, 1.165) is 62.1 Å². The summed E-state index contributed by atoms with van der Waals surface area (Å²) in [6.07, 6.45) is 13.4. The molecule has 4 saturated carbocycles. The SMILES string of the molecule is CC.COC(=O)CCC(C)C1CCC2C3CCC4CC5(CCC4(C)C3CCC12C)OCCO5. The molecule has 0 amide bonds. The molecule has 4 aliphatic carbocycles. The van der Waals surface area contributed by atoms with E-state index in [-0.39, 0.29) is 11.8 Å². The molecule has 8 atom stereocenters. The molecular weight excluding hydrogens is 412 g/mol. The van der Waals surface area contributed by atoms with E-state index in [4.69, 9.17) is 14.2 Å². The van der Waals surface area contributed by atoms with Gasteiger partial charge in [0, 0.05) is 19.3 Å². The molecule has 1 saturated heterocycles. The maximum atomic E-state index is 11.7. The van der Waals surface area contributed by atoms with Crippen LogP contribution < -0.4 is 0 Å². The highest BCUT2D eigenvalue weighted by atomic mass is 16.7. The minimum atomic E-state index is -0.242. The van der Waals surface area contributed by atoms with Gasteiger partial charge in [0.15, 0.2) is 5.79 Å². The standard InChI is InChI=1S/C27H44O4.C2H6/c1-18(5-10-24(28)29-4)21-8-9-22-20-7-6-19-17-27(30-15-16-31-27)14-13-25(19,2)23(20)11-12-26(21,22)3;1-2/h18-23H,5-17H2,1-4H3;1-2H3. The summed E-state index contributed by atoms with van der Waals surface area (Å²) < 4.78 is 17.2. The van der Waals surface area contributed by atoms with Crippen LogP contribution in [-0.2, 0) is 19.0 Å². The summed E-state index contributed by atoms with van der Waals surface area (Å²) in [6.45, 7) is 13.2. The van der Waals surface area contributed by atoms with Gasteiger partial charge in [0.05, 0.1) is 20.3 Å². The average Bonchev–Trinajstić information content (AvgIpc) is 3.43. The molecular formula is C29H50O4. The van der Waals surface area contributed by atoms with E-state index in [9.17, 15) is 4.79 Å². The third-order valence-corrected chi connectivity index (χ3v) is 11.3. The number of carbonyl (C=O) groups excluding carboxylic acids is 1. The average molecular weight is 463 g/mol. The van der Waals surface area contributed by atoms with Crippen LogP contribution in [0.15, 0.2) is 0 Å². The van der Waals surface area contributed by atoms with Crippen molar-refractivity contribution in [3.8, 4) is 0 Å². The summed E-state index contributed by atoms with van der Waals surface area (Å²) in [5.41, 5.74) is 0.937. The van der Waals surface area contributed by atoms with Gasteiger partial charge < -0.3 is 14.2 Å². The second-order valence-electron chi connectivity index (χ2n) is 12.3. The van der Waals surface area contributed by atoms with Crippen molar-refractivity contribution in [3.63, 3.8) is 0 Å². The molecule has 0 aromatic heterocycles. The monoisotopic (exact) mass is 462 g/mol. The number of methoxy groups -OCH3 is 1. The maximum absolute atomic E-state index is 11.7. The predicted molar refractivity (Wildman–Crippen MR) is 132 cm³/mol. The van der Waals surface area contributed by atoms with Gasteiger partial charge in [-0.3, -0.25) is 4.79 Å². The molecule has 8 unspecified atom stereocenters. The zero-order chi connectivity index (χ0) is 23.9. The summed E-state index contributed by atoms with van der Waals surface area (Å²) in [5, 5.41) is 0. The van der Waals surface area contributed by atoms with Crippen LogP contribution in [0.4, 0.5) is 0 Å². The van der Waals surface area contributed by atoms with Crippen molar-refractivity contribution in [1.29, 1.82) is 0 Å². The van der Waals surface area contributed by atoms with Gasteiger partial charge in [0.2, 0.25) is 0 Å². The lowest BCUT2D eigenvalue weighted by molar-refractivity contribution is -0.229. The van der Waals surface area contributed by atoms with Crippen molar-refractivity contribution in [2.45, 2.75) is 111 Å². The highest BCUT2D eigenvalue weighted by Crippen LogP contribution is 2.69. The first-order valence-electron chi connectivity index (χ1n) is 14.2. The Balaban J connectivity index is 0.00000126. The molecule has 0 N–H and O–H groups in total. The van der Waals surface area contributed by atoms with Crippen LogP contribution in [-0.4, -0.2) is 32.1 Å². The van der Waals surface area contributed by atoms with E-state index in [1.165, 1.54) is 52.1 Å². The topological polar surface area (TPSA) is 44.8 Å². The Kier molecular flexibility index (Phi) is 7.57. The lowest BCUT2D eigenvalue weighted by Crippen LogP contribution is -2.56. The Morgan fingerprint density at radius 2 is 1.64 bits per heavy atom. The second-order valence-corrected chi connectivity index (χ2v) is 12.3. The molecule has 33 heavy (non-hydrogen) atoms. The number of fused-ring (bicyclic) bond motifs is 5. The van der Waals surface area contributed by atoms with Gasteiger partial charge in [-0.05, 0) is 97.7 Å². The van der Waals surface area contributed by atoms with Gasteiger partial charge in [-0.25, -0.2) is 0 Å². The highest BCUT2D eigenvalue weighted by Gasteiger charge is 2.62. The van der Waals surface area contributed by atoms with Gasteiger partial charge in [-0.2, -0.15) is 0 Å². The minimum absolute atomic E-state index is 0.0493. The summed E-state index contributed by atoms with van der Waals surface area (Å²) in [6, 6.07) is 0. The van der Waals surface area contributed by atoms with Gasteiger partial charge in [-0.1, -0.05) is 34.6 Å². The van der Waals surface area contributed by atoms with Crippen molar-refractivity contribution in [2.24, 2.45) is 46.3 Å². The first kappa shape index (κ1) is 25.5. The van der Waals surface area contributed by atoms with Crippen LogP contribution in [0.5, 0.6) is 0 Å². The fraction of sp³-hybridized carbons (Fsp3) is 0.966. The zero-order valence-corrected chi connectivity index (χ0v) is 22.3. The summed E-state index contributed by atoms with van der Waals surface area (Å²) in [4.78, 5) is 11.7. The Morgan fingerprint density at radius 3 is 2.33 bits per heavy atom. The smallest absolute Gasteiger partial charge is 0.305 e. The lowest BCUT2D eigenvalue weighted by Gasteiger charge is -2.62. The molecule has 0 bridgehead atoms. The van der Waals surface area contributed by atoms with Gasteiger partial charge >= 0.3 is 5.97 Å². The van der Waals surface area contributed by atoms with Gasteiger partial charge in [-0.15, -0.1) is 0 Å². The molecule has 4 heteroatoms. The normalized spacial score (nSPS) is 44.1. The van der Waals surface area contributed by atoms with Crippen molar-refractivity contribution in [3.05, 3.63) is 0 Å². The van der Waals surface area contributed by atoms with Crippen LogP contribution in [0.1, 0.15) is 105 Å². The van der Waals surface area contributed by atoms with Gasteiger partial charge in [0.1, 0.15) is 0 Å². The number of rotatable bonds is 4. The van der Waals surface area contributed by atoms with Crippen LogP contribution in [0.2, 0.25) is 0 Å². The van der Waals surface area contributed by atoms with E-state index in [2.05, 4.69) is 20.8 Å². The first-order valence-corrected chi connectivity index (χ1v) is 14.2. The first-order chi connectivity index (χ1) is 15.8. The summed E-state index contributed by atoms with van der Waals surface area (Å²) >= 11 is 0. The number of carbonyl (C=O) groups is 1. The van der Waals surface area contributed by atoms with E-state index in [1.807, 2.05) is 13.8 Å². The van der Waals surface area contributed by atoms with E-state index in [0.29, 0.717) is 23.2 Å². The largest absolute Gasteiger partial charge is 0.469 e. The third kappa shape index (κ3) is 4.30. The minimum Gasteiger partial charge on any atom is -0.469 e. The number of esters is 1. The lowest BCUT2D eigenvalue weighted by atomic mass is 9.44. The molecule has 0 aromatic carbocycles. The molecule has 5 aliphatic rings. The van der Waals surface area contributed by atoms with E-state index < -0.39 is 0 Å². The fourth-order valence-corrected chi connectivity index (χ4v) is 9.58. The Morgan fingerprint density at radius 1 is 0.939 bits per heavy atom. The molecule has 1 spiro atoms. The van der Waals surface area contributed by atoms with Crippen LogP contribution in [0, 0.1) is 46.3 Å². The Hall–Kier alpha value is -0.610. The molecule has 4 nitrogen and oxygen atoms in total. The van der Waals surface area contributed by atoms with Crippen LogP contribution >= 0.6 is 0 Å². The Bertz CT molecular complexity index is 685. The number of hydrogen-bond donors (Lipinski definition) is 0. The van der Waals surface area contributed by atoms with E-state index in [1.54, 1.807) is 0 Å². The van der Waals surface area contributed by atoms with E-state index >= 15 is 0 Å². The Labute approximate surface area is 202 Å². The summed E-state index contributed by atoms with van der Waals surface area (Å²) in [7, 11) is 1.51. The molecule has 1 aliphatic heterocycles. The molecule has 5 fully saturated rings. The van der Waals surface area contributed by atoms with Crippen molar-refractivity contribution in [1.82, 2.24) is 0 Å².